The van der Waals surface area contributed by atoms with Crippen molar-refractivity contribution in [3.8, 4) is 11.9 Å². The summed E-state index contributed by atoms with van der Waals surface area (Å²) in [7, 11) is -3.57. The van der Waals surface area contributed by atoms with Gasteiger partial charge in [-0.15, -0.1) is 0 Å². The van der Waals surface area contributed by atoms with Crippen molar-refractivity contribution in [3.05, 3.63) is 46.6 Å². The van der Waals surface area contributed by atoms with Crippen LogP contribution in [0, 0.1) is 32.1 Å². The zero-order valence-corrected chi connectivity index (χ0v) is 15.1. The highest BCUT2D eigenvalue weighted by atomic mass is 32.2. The molecule has 0 atom stereocenters. The van der Waals surface area contributed by atoms with Crippen molar-refractivity contribution < 1.29 is 8.42 Å². The SMILES string of the molecule is Cc1cc(C)c2nc(-n3ncc(C#N)c3NS(C)(=O)=O)cc(C)c2c1. The highest BCUT2D eigenvalue weighted by Gasteiger charge is 2.18. The van der Waals surface area contributed by atoms with Gasteiger partial charge < -0.3 is 0 Å². The van der Waals surface area contributed by atoms with Crippen LogP contribution < -0.4 is 4.72 Å². The first-order valence-electron chi connectivity index (χ1n) is 7.54. The molecule has 3 rings (SSSR count). The number of hydrogen-bond acceptors (Lipinski definition) is 5. The lowest BCUT2D eigenvalue weighted by Crippen LogP contribution is -2.15. The van der Waals surface area contributed by atoms with Gasteiger partial charge in [0.2, 0.25) is 10.0 Å². The van der Waals surface area contributed by atoms with E-state index in [0.29, 0.717) is 5.82 Å². The maximum atomic E-state index is 11.6. The molecule has 0 spiro atoms. The Morgan fingerprint density at radius 2 is 1.88 bits per heavy atom. The number of fused-ring (bicyclic) bond motifs is 1. The average Bonchev–Trinajstić information content (AvgIpc) is 2.88. The molecule has 25 heavy (non-hydrogen) atoms. The molecule has 0 saturated heterocycles. The third-order valence-corrected chi connectivity index (χ3v) is 4.39. The lowest BCUT2D eigenvalue weighted by molar-refractivity contribution is 0.606. The van der Waals surface area contributed by atoms with Gasteiger partial charge in [0.1, 0.15) is 11.6 Å². The van der Waals surface area contributed by atoms with Gasteiger partial charge in [0.25, 0.3) is 0 Å². The van der Waals surface area contributed by atoms with E-state index in [4.69, 9.17) is 0 Å². The molecule has 0 fully saturated rings. The fourth-order valence-corrected chi connectivity index (χ4v) is 3.36. The van der Waals surface area contributed by atoms with Crippen LogP contribution in [-0.4, -0.2) is 29.4 Å². The Labute approximate surface area is 146 Å². The quantitative estimate of drug-likeness (QED) is 0.778. The summed E-state index contributed by atoms with van der Waals surface area (Å²) in [6.07, 6.45) is 2.34. The highest BCUT2D eigenvalue weighted by Crippen LogP contribution is 2.26. The van der Waals surface area contributed by atoms with Crippen LogP contribution >= 0.6 is 0 Å². The fraction of sp³-hybridized carbons (Fsp3) is 0.235. The molecule has 2 heterocycles. The van der Waals surface area contributed by atoms with Crippen LogP contribution in [0.4, 0.5) is 5.82 Å². The number of aryl methyl sites for hydroxylation is 3. The standard InChI is InChI=1S/C17H17N5O2S/c1-10-5-12(3)16-14(6-10)11(2)7-15(20-16)22-17(21-25(4,23)24)13(8-18)9-19-22/h5-7,9,21H,1-4H3. The first-order valence-corrected chi connectivity index (χ1v) is 9.43. The van der Waals surface area contributed by atoms with Crippen LogP contribution in [0.5, 0.6) is 0 Å². The molecule has 3 aromatic rings. The minimum atomic E-state index is -3.57. The van der Waals surface area contributed by atoms with Crippen molar-refractivity contribution >= 4 is 26.7 Å². The number of benzene rings is 1. The maximum Gasteiger partial charge on any atom is 0.231 e. The Bertz CT molecular complexity index is 1140. The van der Waals surface area contributed by atoms with Gasteiger partial charge in [-0.2, -0.15) is 15.0 Å². The van der Waals surface area contributed by atoms with E-state index in [1.54, 1.807) is 0 Å². The molecule has 2 aromatic heterocycles. The number of pyridine rings is 1. The monoisotopic (exact) mass is 355 g/mol. The third kappa shape index (κ3) is 3.19. The van der Waals surface area contributed by atoms with Gasteiger partial charge >= 0.3 is 0 Å². The van der Waals surface area contributed by atoms with Crippen molar-refractivity contribution in [1.82, 2.24) is 14.8 Å². The molecular weight excluding hydrogens is 338 g/mol. The van der Waals surface area contributed by atoms with E-state index in [2.05, 4.69) is 20.9 Å². The molecule has 1 aromatic carbocycles. The predicted octanol–water partition coefficient (Wildman–Crippen LogP) is 2.59. The Kier molecular flexibility index (Phi) is 3.97. The first kappa shape index (κ1) is 16.9. The molecule has 0 aliphatic rings. The molecule has 8 heteroatoms. The molecule has 128 valence electrons. The number of anilines is 1. The highest BCUT2D eigenvalue weighted by molar-refractivity contribution is 7.92. The second-order valence-electron chi connectivity index (χ2n) is 6.08. The Morgan fingerprint density at radius 3 is 2.52 bits per heavy atom. The summed E-state index contributed by atoms with van der Waals surface area (Å²) >= 11 is 0. The molecule has 1 N–H and O–H groups in total. The van der Waals surface area contributed by atoms with Crippen LogP contribution in [0.1, 0.15) is 22.3 Å². The van der Waals surface area contributed by atoms with Crippen molar-refractivity contribution in [2.45, 2.75) is 20.8 Å². The smallest absolute Gasteiger partial charge is 0.231 e. The van der Waals surface area contributed by atoms with Crippen molar-refractivity contribution in [2.24, 2.45) is 0 Å². The number of nitriles is 1. The number of hydrogen-bond donors (Lipinski definition) is 1. The number of sulfonamides is 1. The first-order chi connectivity index (χ1) is 11.7. The summed E-state index contributed by atoms with van der Waals surface area (Å²) in [4.78, 5) is 4.64. The molecule has 7 nitrogen and oxygen atoms in total. The van der Waals surface area contributed by atoms with E-state index in [1.165, 1.54) is 10.9 Å². The van der Waals surface area contributed by atoms with Gasteiger partial charge in [-0.25, -0.2) is 13.4 Å². The minimum Gasteiger partial charge on any atom is -0.266 e. The van der Waals surface area contributed by atoms with Crippen LogP contribution in [0.3, 0.4) is 0 Å². The van der Waals surface area contributed by atoms with E-state index >= 15 is 0 Å². The molecule has 0 radical (unpaired) electrons. The van der Waals surface area contributed by atoms with Gasteiger partial charge in [-0.1, -0.05) is 11.6 Å². The van der Waals surface area contributed by atoms with Gasteiger partial charge in [0.05, 0.1) is 18.0 Å². The normalized spacial score (nSPS) is 11.5. The van der Waals surface area contributed by atoms with Crippen molar-refractivity contribution in [2.75, 3.05) is 11.0 Å². The van der Waals surface area contributed by atoms with Crippen LogP contribution in [0.2, 0.25) is 0 Å². The summed E-state index contributed by atoms with van der Waals surface area (Å²) < 4.78 is 27.0. The summed E-state index contributed by atoms with van der Waals surface area (Å²) in [5.74, 6) is 0.533. The van der Waals surface area contributed by atoms with E-state index in [9.17, 15) is 13.7 Å². The number of nitrogens with one attached hydrogen (secondary N) is 1. The zero-order chi connectivity index (χ0) is 18.4. The maximum absolute atomic E-state index is 11.6. The zero-order valence-electron chi connectivity index (χ0n) is 14.3. The van der Waals surface area contributed by atoms with E-state index in [0.717, 1.165) is 33.8 Å². The second kappa shape index (κ2) is 5.86. The van der Waals surface area contributed by atoms with Crippen molar-refractivity contribution in [3.63, 3.8) is 0 Å². The minimum absolute atomic E-state index is 0.0843. The third-order valence-electron chi connectivity index (χ3n) is 3.83. The predicted molar refractivity (Wildman–Crippen MR) is 96.3 cm³/mol. The lowest BCUT2D eigenvalue weighted by atomic mass is 10.0. The summed E-state index contributed by atoms with van der Waals surface area (Å²) in [6, 6.07) is 7.87. The molecule has 0 bridgehead atoms. The van der Waals surface area contributed by atoms with Gasteiger partial charge in [0, 0.05) is 5.39 Å². The second-order valence-corrected chi connectivity index (χ2v) is 7.83. The summed E-state index contributed by atoms with van der Waals surface area (Å²) in [5, 5.41) is 14.4. The van der Waals surface area contributed by atoms with Crippen LogP contribution in [0.15, 0.2) is 24.4 Å². The van der Waals surface area contributed by atoms with Gasteiger partial charge in [0.15, 0.2) is 11.6 Å². The number of rotatable bonds is 3. The topological polar surface area (TPSA) is 101 Å². The largest absolute Gasteiger partial charge is 0.266 e. The Morgan fingerprint density at radius 1 is 1.16 bits per heavy atom. The van der Waals surface area contributed by atoms with E-state index in [1.807, 2.05) is 39.0 Å². The van der Waals surface area contributed by atoms with Crippen LogP contribution in [-0.2, 0) is 10.0 Å². The Balaban J connectivity index is 2.28. The summed E-state index contributed by atoms with van der Waals surface area (Å²) in [5.41, 5.74) is 4.11. The summed E-state index contributed by atoms with van der Waals surface area (Å²) in [6.45, 7) is 5.97. The number of aromatic nitrogens is 3. The molecule has 0 unspecified atom stereocenters. The van der Waals surface area contributed by atoms with Crippen LogP contribution in [0.25, 0.3) is 16.7 Å². The molecule has 0 saturated carbocycles. The van der Waals surface area contributed by atoms with E-state index in [-0.39, 0.29) is 11.4 Å². The average molecular weight is 355 g/mol. The van der Waals surface area contributed by atoms with Gasteiger partial charge in [-0.05, 0) is 44.0 Å². The number of nitrogens with zero attached hydrogens (tertiary/aromatic N) is 4. The van der Waals surface area contributed by atoms with E-state index < -0.39 is 10.0 Å². The lowest BCUT2D eigenvalue weighted by Gasteiger charge is -2.12. The van der Waals surface area contributed by atoms with Gasteiger partial charge in [-0.3, -0.25) is 4.72 Å². The molecule has 0 aliphatic heterocycles. The Hall–Kier alpha value is -2.92. The molecular formula is C17H17N5O2S. The van der Waals surface area contributed by atoms with Crippen molar-refractivity contribution in [1.29, 1.82) is 5.26 Å². The molecule has 0 aliphatic carbocycles. The fourth-order valence-electron chi connectivity index (χ4n) is 2.81. The molecule has 0 amide bonds.